The van der Waals surface area contributed by atoms with Gasteiger partial charge in [-0.2, -0.15) is 0 Å². The smallest absolute Gasteiger partial charge is 0.326 e. The Kier molecular flexibility index (Phi) is 3.24. The molecule has 2 N–H and O–H groups in total. The van der Waals surface area contributed by atoms with Gasteiger partial charge in [-0.25, -0.2) is 9.59 Å². The first-order valence-corrected chi connectivity index (χ1v) is 5.91. The van der Waals surface area contributed by atoms with Gasteiger partial charge in [-0.3, -0.25) is 0 Å². The van der Waals surface area contributed by atoms with E-state index in [4.69, 9.17) is 5.11 Å². The van der Waals surface area contributed by atoms with Gasteiger partial charge in [-0.15, -0.1) is 0 Å². The molecular weight excluding hydrogens is 224 g/mol. The summed E-state index contributed by atoms with van der Waals surface area (Å²) in [6.45, 7) is 0.794. The highest BCUT2D eigenvalue weighted by atomic mass is 16.4. The van der Waals surface area contributed by atoms with Crippen LogP contribution in [0.2, 0.25) is 0 Å². The molecule has 2 atom stereocenters. The number of hydrogen-bond donors (Lipinski definition) is 2. The third kappa shape index (κ3) is 2.69. The fourth-order valence-corrected chi connectivity index (χ4v) is 2.24. The Morgan fingerprint density at radius 3 is 2.59 bits per heavy atom. The molecule has 2 aliphatic rings. The molecule has 2 fully saturated rings. The molecule has 2 rings (SSSR count). The minimum Gasteiger partial charge on any atom is -0.480 e. The molecule has 0 radical (unpaired) electrons. The predicted molar refractivity (Wildman–Crippen MR) is 59.5 cm³/mol. The van der Waals surface area contributed by atoms with E-state index in [1.807, 2.05) is 0 Å². The fraction of sp³-hybridized carbons (Fsp3) is 0.818. The van der Waals surface area contributed by atoms with Crippen molar-refractivity contribution in [3.05, 3.63) is 0 Å². The number of aliphatic hydroxyl groups is 1. The second-order valence-electron chi connectivity index (χ2n) is 5.00. The molecule has 0 spiro atoms. The highest BCUT2D eigenvalue weighted by molar-refractivity contribution is 5.83. The summed E-state index contributed by atoms with van der Waals surface area (Å²) in [5.74, 6) is -0.477. The van der Waals surface area contributed by atoms with Gasteiger partial charge in [-0.1, -0.05) is 0 Å². The second-order valence-corrected chi connectivity index (χ2v) is 5.00. The summed E-state index contributed by atoms with van der Waals surface area (Å²) >= 11 is 0. The molecule has 2 amide bonds. The van der Waals surface area contributed by atoms with E-state index in [1.165, 1.54) is 4.90 Å². The predicted octanol–water partition coefficient (Wildman–Crippen LogP) is -0.0320. The Labute approximate surface area is 99.8 Å². The number of carboxylic acids is 1. The van der Waals surface area contributed by atoms with Gasteiger partial charge in [0, 0.05) is 26.6 Å². The third-order valence-electron chi connectivity index (χ3n) is 3.37. The van der Waals surface area contributed by atoms with E-state index in [9.17, 15) is 14.7 Å². The maximum Gasteiger partial charge on any atom is 0.326 e. The van der Waals surface area contributed by atoms with Gasteiger partial charge < -0.3 is 20.0 Å². The van der Waals surface area contributed by atoms with Crippen molar-refractivity contribution < 1.29 is 19.8 Å². The number of carboxylic acid groups (broad SMARTS) is 1. The standard InChI is InChI=1S/C11H18N2O4/c1-12(5-7-2-3-7)11(17)13-6-8(14)4-9(13)10(15)16/h7-9,14H,2-6H2,1H3,(H,15,16)/t8-,9-/m0/s1. The zero-order valence-corrected chi connectivity index (χ0v) is 9.87. The topological polar surface area (TPSA) is 81.1 Å². The van der Waals surface area contributed by atoms with Crippen molar-refractivity contribution in [2.45, 2.75) is 31.4 Å². The number of nitrogens with zero attached hydrogens (tertiary/aromatic N) is 2. The lowest BCUT2D eigenvalue weighted by atomic mass is 10.2. The number of urea groups is 1. The monoisotopic (exact) mass is 242 g/mol. The molecular formula is C11H18N2O4. The van der Waals surface area contributed by atoms with E-state index >= 15 is 0 Å². The van der Waals surface area contributed by atoms with Gasteiger partial charge in [0.2, 0.25) is 0 Å². The number of aliphatic hydroxyl groups excluding tert-OH is 1. The molecule has 1 saturated carbocycles. The molecule has 0 bridgehead atoms. The number of rotatable bonds is 3. The molecule has 0 aromatic heterocycles. The lowest BCUT2D eigenvalue weighted by Gasteiger charge is -2.27. The van der Waals surface area contributed by atoms with Crippen LogP contribution in [-0.4, -0.2) is 64.3 Å². The summed E-state index contributed by atoms with van der Waals surface area (Å²) in [6.07, 6.45) is 1.68. The molecule has 6 nitrogen and oxygen atoms in total. The first-order valence-electron chi connectivity index (χ1n) is 5.91. The SMILES string of the molecule is CN(CC1CC1)C(=O)N1C[C@@H](O)C[C@H]1C(=O)O. The van der Waals surface area contributed by atoms with Gasteiger partial charge in [0.25, 0.3) is 0 Å². The van der Waals surface area contributed by atoms with Gasteiger partial charge in [0.05, 0.1) is 6.10 Å². The Balaban J connectivity index is 1.98. The average Bonchev–Trinajstić information content (AvgIpc) is 2.97. The Bertz CT molecular complexity index is 329. The average molecular weight is 242 g/mol. The summed E-state index contributed by atoms with van der Waals surface area (Å²) in [4.78, 5) is 25.9. The van der Waals surface area contributed by atoms with Gasteiger partial charge in [0.15, 0.2) is 0 Å². The number of β-amino-alcohol motifs (C(OH)–C–C–N with tert-alkyl or cyclic N) is 1. The third-order valence-corrected chi connectivity index (χ3v) is 3.37. The normalized spacial score (nSPS) is 28.2. The molecule has 96 valence electrons. The van der Waals surface area contributed by atoms with Gasteiger partial charge >= 0.3 is 12.0 Å². The van der Waals surface area contributed by atoms with E-state index in [-0.39, 0.29) is 19.0 Å². The number of carbonyl (C=O) groups is 2. The molecule has 1 heterocycles. The van der Waals surface area contributed by atoms with E-state index in [1.54, 1.807) is 11.9 Å². The minimum atomic E-state index is -1.05. The number of hydrogen-bond acceptors (Lipinski definition) is 3. The first-order chi connectivity index (χ1) is 7.99. The van der Waals surface area contributed by atoms with E-state index in [0.29, 0.717) is 12.5 Å². The fourth-order valence-electron chi connectivity index (χ4n) is 2.24. The van der Waals surface area contributed by atoms with E-state index in [2.05, 4.69) is 0 Å². The molecule has 6 heteroatoms. The molecule has 1 aliphatic carbocycles. The van der Waals surface area contributed by atoms with Crippen LogP contribution in [0.25, 0.3) is 0 Å². The molecule has 0 aromatic carbocycles. The minimum absolute atomic E-state index is 0.116. The maximum absolute atomic E-state index is 12.0. The molecule has 17 heavy (non-hydrogen) atoms. The van der Waals surface area contributed by atoms with Crippen LogP contribution in [-0.2, 0) is 4.79 Å². The molecule has 0 aromatic rings. The highest BCUT2D eigenvalue weighted by Crippen LogP contribution is 2.30. The van der Waals surface area contributed by atoms with Crippen molar-refractivity contribution in [2.75, 3.05) is 20.1 Å². The summed E-state index contributed by atoms with van der Waals surface area (Å²) in [5.41, 5.74) is 0. The lowest BCUT2D eigenvalue weighted by molar-refractivity contribution is -0.141. The van der Waals surface area contributed by atoms with Crippen molar-refractivity contribution in [2.24, 2.45) is 5.92 Å². The Morgan fingerprint density at radius 1 is 1.41 bits per heavy atom. The van der Waals surface area contributed by atoms with Crippen molar-refractivity contribution >= 4 is 12.0 Å². The van der Waals surface area contributed by atoms with Crippen LogP contribution in [0.1, 0.15) is 19.3 Å². The summed E-state index contributed by atoms with van der Waals surface area (Å²) < 4.78 is 0. The maximum atomic E-state index is 12.0. The second kappa shape index (κ2) is 4.52. The van der Waals surface area contributed by atoms with E-state index < -0.39 is 18.1 Å². The Hall–Kier alpha value is -1.30. The molecule has 1 aliphatic heterocycles. The van der Waals surface area contributed by atoms with Crippen LogP contribution in [0.15, 0.2) is 0 Å². The summed E-state index contributed by atoms with van der Waals surface area (Å²) in [6, 6.07) is -1.18. The Morgan fingerprint density at radius 2 is 2.06 bits per heavy atom. The summed E-state index contributed by atoms with van der Waals surface area (Å²) in [7, 11) is 1.68. The lowest BCUT2D eigenvalue weighted by Crippen LogP contribution is -2.47. The van der Waals surface area contributed by atoms with Gasteiger partial charge in [0.1, 0.15) is 6.04 Å². The van der Waals surface area contributed by atoms with Crippen LogP contribution >= 0.6 is 0 Å². The van der Waals surface area contributed by atoms with Crippen LogP contribution in [0.5, 0.6) is 0 Å². The molecule has 0 unspecified atom stereocenters. The number of carbonyl (C=O) groups excluding carboxylic acids is 1. The van der Waals surface area contributed by atoms with Crippen LogP contribution < -0.4 is 0 Å². The van der Waals surface area contributed by atoms with Crippen molar-refractivity contribution in [3.63, 3.8) is 0 Å². The number of aliphatic carboxylic acids is 1. The number of likely N-dealkylation sites (tertiary alicyclic amines) is 1. The zero-order chi connectivity index (χ0) is 12.6. The first kappa shape index (κ1) is 12.2. The zero-order valence-electron chi connectivity index (χ0n) is 9.87. The largest absolute Gasteiger partial charge is 0.480 e. The molecule has 1 saturated heterocycles. The van der Waals surface area contributed by atoms with Crippen LogP contribution in [0.4, 0.5) is 4.79 Å². The highest BCUT2D eigenvalue weighted by Gasteiger charge is 2.40. The van der Waals surface area contributed by atoms with Crippen LogP contribution in [0.3, 0.4) is 0 Å². The van der Waals surface area contributed by atoms with Gasteiger partial charge in [-0.05, 0) is 18.8 Å². The number of amides is 2. The van der Waals surface area contributed by atoms with Crippen molar-refractivity contribution in [1.82, 2.24) is 9.80 Å². The van der Waals surface area contributed by atoms with Crippen molar-refractivity contribution in [3.8, 4) is 0 Å². The van der Waals surface area contributed by atoms with Crippen molar-refractivity contribution in [1.29, 1.82) is 0 Å². The van der Waals surface area contributed by atoms with E-state index in [0.717, 1.165) is 12.8 Å². The van der Waals surface area contributed by atoms with Crippen LogP contribution in [0, 0.1) is 5.92 Å². The summed E-state index contributed by atoms with van der Waals surface area (Å²) in [5, 5.41) is 18.5. The quantitative estimate of drug-likeness (QED) is 0.728.